The van der Waals surface area contributed by atoms with Crippen molar-refractivity contribution in [3.63, 3.8) is 0 Å². The third kappa shape index (κ3) is 4.94. The van der Waals surface area contributed by atoms with Gasteiger partial charge in [-0.3, -0.25) is 4.79 Å². The molecule has 0 bridgehead atoms. The molecule has 1 aliphatic rings. The quantitative estimate of drug-likeness (QED) is 0.699. The van der Waals surface area contributed by atoms with Crippen molar-refractivity contribution in [2.45, 2.75) is 39.2 Å². The van der Waals surface area contributed by atoms with Gasteiger partial charge in [-0.2, -0.15) is 0 Å². The maximum absolute atomic E-state index is 11.7. The molecular weight excluding hydrogens is 230 g/mol. The van der Waals surface area contributed by atoms with Crippen LogP contribution in [0.4, 0.5) is 0 Å². The molecule has 0 aromatic rings. The minimum atomic E-state index is -3.32. The summed E-state index contributed by atoms with van der Waals surface area (Å²) in [7, 11) is -3.32. The first-order valence-electron chi connectivity index (χ1n) is 5.52. The molecule has 1 saturated carbocycles. The zero-order chi connectivity index (χ0) is 12.3. The lowest BCUT2D eigenvalue weighted by atomic mass is 10.0. The summed E-state index contributed by atoms with van der Waals surface area (Å²) >= 11 is 0. The smallest absolute Gasteiger partial charge is 0.304 e. The van der Waals surface area contributed by atoms with Crippen LogP contribution in [0.2, 0.25) is 0 Å². The molecule has 0 radical (unpaired) electrons. The van der Waals surface area contributed by atoms with E-state index >= 15 is 0 Å². The van der Waals surface area contributed by atoms with Gasteiger partial charge in [-0.25, -0.2) is 13.1 Å². The minimum absolute atomic E-state index is 0.0231. The maximum atomic E-state index is 11.7. The van der Waals surface area contributed by atoms with Gasteiger partial charge in [0, 0.05) is 6.04 Å². The average molecular weight is 249 g/mol. The summed E-state index contributed by atoms with van der Waals surface area (Å²) in [5, 5.41) is 8.69. The lowest BCUT2D eigenvalue weighted by Gasteiger charge is -2.20. The molecule has 1 rings (SSSR count). The van der Waals surface area contributed by atoms with E-state index in [0.717, 1.165) is 12.8 Å². The molecule has 0 spiro atoms. The number of carboxylic acids is 1. The van der Waals surface area contributed by atoms with Gasteiger partial charge < -0.3 is 5.11 Å². The van der Waals surface area contributed by atoms with Crippen molar-refractivity contribution in [1.82, 2.24) is 4.72 Å². The second kappa shape index (κ2) is 5.14. The Hall–Kier alpha value is -0.620. The molecule has 1 unspecified atom stereocenters. The first kappa shape index (κ1) is 13.4. The van der Waals surface area contributed by atoms with E-state index in [1.807, 2.05) is 13.8 Å². The molecule has 0 saturated heterocycles. The second-order valence-electron chi connectivity index (χ2n) is 4.79. The van der Waals surface area contributed by atoms with Crippen molar-refractivity contribution in [3.8, 4) is 0 Å². The second-order valence-corrected chi connectivity index (χ2v) is 6.59. The summed E-state index contributed by atoms with van der Waals surface area (Å²) in [4.78, 5) is 10.6. The van der Waals surface area contributed by atoms with Crippen LogP contribution in [0.5, 0.6) is 0 Å². The lowest BCUT2D eigenvalue weighted by molar-refractivity contribution is -0.137. The molecule has 6 heteroatoms. The highest BCUT2D eigenvalue weighted by Gasteiger charge is 2.30. The van der Waals surface area contributed by atoms with Crippen LogP contribution in [0.3, 0.4) is 0 Å². The Bertz CT molecular complexity index is 346. The van der Waals surface area contributed by atoms with E-state index in [2.05, 4.69) is 4.72 Å². The van der Waals surface area contributed by atoms with Gasteiger partial charge in [0.15, 0.2) is 0 Å². The fourth-order valence-electron chi connectivity index (χ4n) is 1.48. The van der Waals surface area contributed by atoms with Gasteiger partial charge in [-0.15, -0.1) is 0 Å². The Kier molecular flexibility index (Phi) is 4.32. The van der Waals surface area contributed by atoms with Gasteiger partial charge in [-0.05, 0) is 24.7 Å². The van der Waals surface area contributed by atoms with Crippen LogP contribution >= 0.6 is 0 Å². The van der Waals surface area contributed by atoms with Gasteiger partial charge in [0.25, 0.3) is 0 Å². The summed E-state index contributed by atoms with van der Waals surface area (Å²) in [6, 6.07) is -0.513. The van der Waals surface area contributed by atoms with E-state index in [1.54, 1.807) is 0 Å². The zero-order valence-electron chi connectivity index (χ0n) is 9.64. The number of carbonyl (C=O) groups is 1. The number of aliphatic carboxylic acids is 1. The zero-order valence-corrected chi connectivity index (χ0v) is 10.5. The van der Waals surface area contributed by atoms with Crippen LogP contribution in [0.1, 0.15) is 33.1 Å². The topological polar surface area (TPSA) is 83.5 Å². The van der Waals surface area contributed by atoms with E-state index in [-0.39, 0.29) is 24.0 Å². The minimum Gasteiger partial charge on any atom is -0.481 e. The van der Waals surface area contributed by atoms with Gasteiger partial charge in [-0.1, -0.05) is 13.8 Å². The molecule has 0 heterocycles. The predicted octanol–water partition coefficient (Wildman–Crippen LogP) is 0.815. The highest BCUT2D eigenvalue weighted by Crippen LogP contribution is 2.30. The Morgan fingerprint density at radius 1 is 1.44 bits per heavy atom. The Balaban J connectivity index is 2.55. The summed E-state index contributed by atoms with van der Waals surface area (Å²) in [6.45, 7) is 3.63. The predicted molar refractivity (Wildman–Crippen MR) is 60.5 cm³/mol. The maximum Gasteiger partial charge on any atom is 0.304 e. The van der Waals surface area contributed by atoms with Crippen molar-refractivity contribution >= 4 is 16.0 Å². The normalized spacial score (nSPS) is 18.7. The summed E-state index contributed by atoms with van der Waals surface area (Å²) in [6.07, 6.45) is 1.76. The van der Waals surface area contributed by atoms with Crippen molar-refractivity contribution in [1.29, 1.82) is 0 Å². The van der Waals surface area contributed by atoms with E-state index in [4.69, 9.17) is 5.11 Å². The van der Waals surface area contributed by atoms with Crippen molar-refractivity contribution in [2.24, 2.45) is 11.8 Å². The highest BCUT2D eigenvalue weighted by atomic mass is 32.2. The van der Waals surface area contributed by atoms with Crippen LogP contribution in [-0.2, 0) is 14.8 Å². The Labute approximate surface area is 96.3 Å². The van der Waals surface area contributed by atoms with Gasteiger partial charge in [0.1, 0.15) is 0 Å². The van der Waals surface area contributed by atoms with Gasteiger partial charge in [0.2, 0.25) is 10.0 Å². The SMILES string of the molecule is CC(C)C(CC(=O)O)NS(=O)(=O)CC1CC1. The van der Waals surface area contributed by atoms with E-state index in [9.17, 15) is 13.2 Å². The fraction of sp³-hybridized carbons (Fsp3) is 0.900. The summed E-state index contributed by atoms with van der Waals surface area (Å²) < 4.78 is 25.8. The molecular formula is C10H19NO4S. The molecule has 0 amide bonds. The summed E-state index contributed by atoms with van der Waals surface area (Å²) in [5.41, 5.74) is 0. The van der Waals surface area contributed by atoms with Crippen LogP contribution < -0.4 is 4.72 Å². The lowest BCUT2D eigenvalue weighted by Crippen LogP contribution is -2.41. The molecule has 5 nitrogen and oxygen atoms in total. The van der Waals surface area contributed by atoms with Crippen LogP contribution in [0.25, 0.3) is 0 Å². The van der Waals surface area contributed by atoms with Crippen molar-refractivity contribution in [3.05, 3.63) is 0 Å². The Morgan fingerprint density at radius 3 is 2.38 bits per heavy atom. The number of rotatable bonds is 7. The molecule has 16 heavy (non-hydrogen) atoms. The van der Waals surface area contributed by atoms with Crippen LogP contribution in [-0.4, -0.2) is 31.3 Å². The van der Waals surface area contributed by atoms with E-state index in [1.165, 1.54) is 0 Å². The van der Waals surface area contributed by atoms with Crippen LogP contribution in [0, 0.1) is 11.8 Å². The van der Waals surface area contributed by atoms with Gasteiger partial charge >= 0.3 is 5.97 Å². The van der Waals surface area contributed by atoms with E-state index in [0.29, 0.717) is 0 Å². The molecule has 0 aromatic carbocycles. The standard InChI is InChI=1S/C10H19NO4S/c1-7(2)9(5-10(12)13)11-16(14,15)6-8-3-4-8/h7-9,11H,3-6H2,1-2H3,(H,12,13). The van der Waals surface area contributed by atoms with Crippen molar-refractivity contribution < 1.29 is 18.3 Å². The Morgan fingerprint density at radius 2 is 2.00 bits per heavy atom. The third-order valence-corrected chi connectivity index (χ3v) is 4.25. The number of nitrogens with one attached hydrogen (secondary N) is 1. The average Bonchev–Trinajstić information content (AvgIpc) is 2.84. The molecule has 0 aliphatic heterocycles. The first-order valence-corrected chi connectivity index (χ1v) is 7.17. The summed E-state index contributed by atoms with van der Waals surface area (Å²) in [5.74, 6) is -0.594. The largest absolute Gasteiger partial charge is 0.481 e. The first-order chi connectivity index (χ1) is 7.30. The number of carboxylic acid groups (broad SMARTS) is 1. The van der Waals surface area contributed by atoms with E-state index < -0.39 is 22.0 Å². The molecule has 0 aromatic heterocycles. The van der Waals surface area contributed by atoms with Gasteiger partial charge in [0.05, 0.1) is 12.2 Å². The van der Waals surface area contributed by atoms with Crippen molar-refractivity contribution in [2.75, 3.05) is 5.75 Å². The highest BCUT2D eigenvalue weighted by molar-refractivity contribution is 7.89. The third-order valence-electron chi connectivity index (χ3n) is 2.68. The fourth-order valence-corrected chi connectivity index (χ4v) is 3.34. The molecule has 1 fully saturated rings. The molecule has 94 valence electrons. The molecule has 2 N–H and O–H groups in total. The number of sulfonamides is 1. The molecule has 1 aliphatic carbocycles. The monoisotopic (exact) mass is 249 g/mol. The van der Waals surface area contributed by atoms with Crippen LogP contribution in [0.15, 0.2) is 0 Å². The number of hydrogen-bond acceptors (Lipinski definition) is 3. The molecule has 1 atom stereocenters. The number of hydrogen-bond donors (Lipinski definition) is 2.